The quantitative estimate of drug-likeness (QED) is 0.646. The molecule has 0 atom stereocenters. The van der Waals surface area contributed by atoms with E-state index in [1.54, 1.807) is 0 Å². The first-order chi connectivity index (χ1) is 13.0. The smallest absolute Gasteiger partial charge is 0.258 e. The summed E-state index contributed by atoms with van der Waals surface area (Å²) >= 11 is 0. The fourth-order valence-corrected chi connectivity index (χ4v) is 3.19. The van der Waals surface area contributed by atoms with Crippen molar-refractivity contribution in [3.63, 3.8) is 0 Å². The fourth-order valence-electron chi connectivity index (χ4n) is 3.19. The highest BCUT2D eigenvalue weighted by Gasteiger charge is 2.30. The molecule has 1 aliphatic heterocycles. The van der Waals surface area contributed by atoms with E-state index >= 15 is 0 Å². The average Bonchev–Trinajstić information content (AvgIpc) is 2.92. The van der Waals surface area contributed by atoms with E-state index in [1.807, 2.05) is 67.3 Å². The van der Waals surface area contributed by atoms with Gasteiger partial charge in [-0.15, -0.1) is 0 Å². The minimum atomic E-state index is 0.0387. The number of para-hydroxylation sites is 1. The van der Waals surface area contributed by atoms with Crippen LogP contribution in [-0.4, -0.2) is 25.7 Å². The third kappa shape index (κ3) is 4.00. The van der Waals surface area contributed by atoms with Crippen molar-refractivity contribution in [2.45, 2.75) is 27.7 Å². The molecule has 0 saturated heterocycles. The van der Waals surface area contributed by atoms with Gasteiger partial charge in [-0.1, -0.05) is 38.1 Å². The van der Waals surface area contributed by atoms with Crippen molar-refractivity contribution in [3.05, 3.63) is 53.6 Å². The first-order valence-corrected chi connectivity index (χ1v) is 9.57. The molecular weight excluding hydrogens is 338 g/mol. The second kappa shape index (κ2) is 8.30. The summed E-state index contributed by atoms with van der Waals surface area (Å²) in [4.78, 5) is 14.7. The Morgan fingerprint density at radius 3 is 2.52 bits per heavy atom. The van der Waals surface area contributed by atoms with Crippen LogP contribution in [0.2, 0.25) is 0 Å². The molecule has 0 spiro atoms. The molecule has 0 bridgehead atoms. The fraction of sp³-hybridized carbons (Fsp3) is 0.348. The molecule has 142 valence electrons. The van der Waals surface area contributed by atoms with Crippen LogP contribution >= 0.6 is 0 Å². The Labute approximate surface area is 161 Å². The summed E-state index contributed by atoms with van der Waals surface area (Å²) in [5.74, 6) is 1.92. The van der Waals surface area contributed by atoms with Crippen LogP contribution in [0.15, 0.2) is 42.5 Å². The Bertz CT molecular complexity index is 854. The lowest BCUT2D eigenvalue weighted by atomic mass is 10.0. The van der Waals surface area contributed by atoms with Gasteiger partial charge in [0.1, 0.15) is 0 Å². The summed E-state index contributed by atoms with van der Waals surface area (Å²) in [5, 5.41) is 0. The normalized spacial score (nSPS) is 14.8. The van der Waals surface area contributed by atoms with Crippen molar-refractivity contribution in [1.29, 1.82) is 0 Å². The Balaban J connectivity index is 1.97. The zero-order valence-corrected chi connectivity index (χ0v) is 16.5. The molecule has 0 unspecified atom stereocenters. The van der Waals surface area contributed by atoms with Gasteiger partial charge in [-0.25, -0.2) is 0 Å². The number of likely N-dealkylation sites (N-methyl/N-ethyl adjacent to an activating group) is 1. The standard InChI is InChI=1S/C23H27NO3/c1-5-24-20-10-8-7-9-18(20)19(23(24)25)13-17-11-12-21(27-15-16(3)4)22(14-17)26-6-2/h7-14,16H,5-6,15H2,1-4H3/b19-13-. The molecule has 0 saturated carbocycles. The zero-order chi connectivity index (χ0) is 19.4. The third-order valence-electron chi connectivity index (χ3n) is 4.43. The minimum Gasteiger partial charge on any atom is -0.490 e. The summed E-state index contributed by atoms with van der Waals surface area (Å²) in [6.45, 7) is 10.0. The van der Waals surface area contributed by atoms with Crippen LogP contribution in [0.5, 0.6) is 11.5 Å². The van der Waals surface area contributed by atoms with Crippen LogP contribution in [0.1, 0.15) is 38.8 Å². The lowest BCUT2D eigenvalue weighted by molar-refractivity contribution is -0.112. The van der Waals surface area contributed by atoms with Gasteiger partial charge in [-0.3, -0.25) is 4.79 Å². The van der Waals surface area contributed by atoms with Crippen molar-refractivity contribution >= 4 is 23.2 Å². The molecule has 0 aromatic heterocycles. The van der Waals surface area contributed by atoms with E-state index in [4.69, 9.17) is 9.47 Å². The van der Waals surface area contributed by atoms with Crippen molar-refractivity contribution in [2.75, 3.05) is 24.7 Å². The van der Waals surface area contributed by atoms with E-state index in [1.165, 1.54) is 0 Å². The molecule has 0 aliphatic carbocycles. The maximum atomic E-state index is 12.9. The summed E-state index contributed by atoms with van der Waals surface area (Å²) < 4.78 is 11.6. The van der Waals surface area contributed by atoms with Crippen molar-refractivity contribution in [3.8, 4) is 11.5 Å². The number of hydrogen-bond donors (Lipinski definition) is 0. The van der Waals surface area contributed by atoms with Crippen molar-refractivity contribution < 1.29 is 14.3 Å². The highest BCUT2D eigenvalue weighted by atomic mass is 16.5. The van der Waals surface area contributed by atoms with Crippen molar-refractivity contribution in [2.24, 2.45) is 5.92 Å². The molecule has 2 aromatic carbocycles. The predicted molar refractivity (Wildman–Crippen MR) is 110 cm³/mol. The van der Waals surface area contributed by atoms with E-state index in [-0.39, 0.29) is 5.91 Å². The molecule has 1 amide bonds. The molecule has 4 nitrogen and oxygen atoms in total. The number of anilines is 1. The molecule has 0 fully saturated rings. The number of carbonyl (C=O) groups is 1. The molecule has 0 N–H and O–H groups in total. The van der Waals surface area contributed by atoms with Gasteiger partial charge in [0.05, 0.1) is 18.9 Å². The predicted octanol–water partition coefficient (Wildman–Crippen LogP) is 5.03. The summed E-state index contributed by atoms with van der Waals surface area (Å²) in [6, 6.07) is 13.7. The topological polar surface area (TPSA) is 38.8 Å². The Morgan fingerprint density at radius 2 is 1.81 bits per heavy atom. The average molecular weight is 365 g/mol. The van der Waals surface area contributed by atoms with Crippen LogP contribution in [0.4, 0.5) is 5.69 Å². The molecular formula is C23H27NO3. The number of rotatable bonds is 7. The Kier molecular flexibility index (Phi) is 5.84. The van der Waals surface area contributed by atoms with E-state index in [9.17, 15) is 4.79 Å². The molecule has 4 heteroatoms. The van der Waals surface area contributed by atoms with Crippen molar-refractivity contribution in [1.82, 2.24) is 0 Å². The highest BCUT2D eigenvalue weighted by molar-refractivity contribution is 6.35. The van der Waals surface area contributed by atoms with Gasteiger partial charge < -0.3 is 14.4 Å². The van der Waals surface area contributed by atoms with Crippen LogP contribution < -0.4 is 14.4 Å². The van der Waals surface area contributed by atoms with Gasteiger partial charge in [0, 0.05) is 17.7 Å². The number of amides is 1. The number of ether oxygens (including phenoxy) is 2. The number of carbonyl (C=O) groups excluding carboxylic acids is 1. The van der Waals surface area contributed by atoms with Gasteiger partial charge in [0.2, 0.25) is 0 Å². The van der Waals surface area contributed by atoms with Gasteiger partial charge in [0.15, 0.2) is 11.5 Å². The Hall–Kier alpha value is -2.75. The van der Waals surface area contributed by atoms with Gasteiger partial charge in [-0.05, 0) is 49.6 Å². The number of benzene rings is 2. The first-order valence-electron chi connectivity index (χ1n) is 9.57. The summed E-state index contributed by atoms with van der Waals surface area (Å²) in [5.41, 5.74) is 3.58. The summed E-state index contributed by atoms with van der Waals surface area (Å²) in [7, 11) is 0. The zero-order valence-electron chi connectivity index (χ0n) is 16.5. The highest BCUT2D eigenvalue weighted by Crippen LogP contribution is 2.38. The molecule has 2 aromatic rings. The second-order valence-corrected chi connectivity index (χ2v) is 6.97. The van der Waals surface area contributed by atoms with Crippen LogP contribution in [0, 0.1) is 5.92 Å². The van der Waals surface area contributed by atoms with E-state index in [2.05, 4.69) is 13.8 Å². The first kappa shape index (κ1) is 19.0. The lowest BCUT2D eigenvalue weighted by Gasteiger charge is -2.14. The van der Waals surface area contributed by atoms with Crippen LogP contribution in [-0.2, 0) is 4.79 Å². The lowest BCUT2D eigenvalue weighted by Crippen LogP contribution is -2.25. The SMILES string of the molecule is CCOc1cc(/C=C2\C(=O)N(CC)c3ccccc32)ccc1OCC(C)C. The van der Waals surface area contributed by atoms with Crippen LogP contribution in [0.3, 0.4) is 0 Å². The summed E-state index contributed by atoms with van der Waals surface area (Å²) in [6.07, 6.45) is 1.94. The number of nitrogens with zero attached hydrogens (tertiary/aromatic N) is 1. The molecule has 3 rings (SSSR count). The molecule has 27 heavy (non-hydrogen) atoms. The second-order valence-electron chi connectivity index (χ2n) is 6.97. The molecule has 1 heterocycles. The van der Waals surface area contributed by atoms with E-state index in [0.29, 0.717) is 37.0 Å². The molecule has 0 radical (unpaired) electrons. The van der Waals surface area contributed by atoms with E-state index in [0.717, 1.165) is 22.6 Å². The number of fused-ring (bicyclic) bond motifs is 1. The molecule has 1 aliphatic rings. The minimum absolute atomic E-state index is 0.0387. The van der Waals surface area contributed by atoms with Crippen LogP contribution in [0.25, 0.3) is 11.6 Å². The van der Waals surface area contributed by atoms with Gasteiger partial charge in [-0.2, -0.15) is 0 Å². The third-order valence-corrected chi connectivity index (χ3v) is 4.43. The maximum Gasteiger partial charge on any atom is 0.258 e. The monoisotopic (exact) mass is 365 g/mol. The maximum absolute atomic E-state index is 12.9. The van der Waals surface area contributed by atoms with Gasteiger partial charge in [0.25, 0.3) is 5.91 Å². The van der Waals surface area contributed by atoms with Gasteiger partial charge >= 0.3 is 0 Å². The largest absolute Gasteiger partial charge is 0.490 e. The Morgan fingerprint density at radius 1 is 1.04 bits per heavy atom. The van der Waals surface area contributed by atoms with E-state index < -0.39 is 0 Å². The number of hydrogen-bond acceptors (Lipinski definition) is 3.